The summed E-state index contributed by atoms with van der Waals surface area (Å²) in [6.45, 7) is 5.47. The van der Waals surface area contributed by atoms with E-state index in [0.29, 0.717) is 19.4 Å². The third-order valence-corrected chi connectivity index (χ3v) is 3.91. The molecule has 1 fully saturated rings. The zero-order valence-corrected chi connectivity index (χ0v) is 12.9. The SMILES string of the molecule is CCCNC(=O)CCC(=O)N1CCC(CCNC)CC1. The summed E-state index contributed by atoms with van der Waals surface area (Å²) < 4.78 is 0. The second-order valence-electron chi connectivity index (χ2n) is 5.57. The molecule has 0 saturated carbocycles. The maximum absolute atomic E-state index is 12.0. The van der Waals surface area contributed by atoms with Crippen molar-refractivity contribution < 1.29 is 9.59 Å². The maximum Gasteiger partial charge on any atom is 0.223 e. The number of likely N-dealkylation sites (tertiary alicyclic amines) is 1. The fraction of sp³-hybridized carbons (Fsp3) is 0.867. The van der Waals surface area contributed by atoms with Crippen molar-refractivity contribution in [1.82, 2.24) is 15.5 Å². The van der Waals surface area contributed by atoms with Gasteiger partial charge in [-0.3, -0.25) is 9.59 Å². The Hall–Kier alpha value is -1.10. The van der Waals surface area contributed by atoms with Crippen LogP contribution in [0.2, 0.25) is 0 Å². The molecule has 116 valence electrons. The Morgan fingerprint density at radius 1 is 1.15 bits per heavy atom. The predicted octanol–water partition coefficient (Wildman–Crippen LogP) is 1.14. The van der Waals surface area contributed by atoms with Gasteiger partial charge in [-0.1, -0.05) is 6.92 Å². The quantitative estimate of drug-likeness (QED) is 0.702. The fourth-order valence-electron chi connectivity index (χ4n) is 2.55. The molecule has 1 aliphatic heterocycles. The van der Waals surface area contributed by atoms with Crippen LogP contribution in [0.25, 0.3) is 0 Å². The molecule has 0 unspecified atom stereocenters. The number of rotatable bonds is 8. The van der Waals surface area contributed by atoms with E-state index in [-0.39, 0.29) is 11.8 Å². The Bertz CT molecular complexity index is 299. The first-order valence-corrected chi connectivity index (χ1v) is 7.86. The van der Waals surface area contributed by atoms with Crippen molar-refractivity contribution in [3.8, 4) is 0 Å². The van der Waals surface area contributed by atoms with Gasteiger partial charge in [0.15, 0.2) is 0 Å². The number of hydrogen-bond donors (Lipinski definition) is 2. The third kappa shape index (κ3) is 6.37. The van der Waals surface area contributed by atoms with E-state index in [9.17, 15) is 9.59 Å². The average Bonchev–Trinajstić information content (AvgIpc) is 2.49. The van der Waals surface area contributed by atoms with Crippen molar-refractivity contribution in [2.45, 2.75) is 45.4 Å². The second-order valence-corrected chi connectivity index (χ2v) is 5.57. The lowest BCUT2D eigenvalue weighted by Crippen LogP contribution is -2.39. The van der Waals surface area contributed by atoms with E-state index in [1.54, 1.807) is 0 Å². The summed E-state index contributed by atoms with van der Waals surface area (Å²) in [5.41, 5.74) is 0. The van der Waals surface area contributed by atoms with E-state index in [0.717, 1.165) is 44.8 Å². The molecule has 1 aliphatic rings. The van der Waals surface area contributed by atoms with Gasteiger partial charge >= 0.3 is 0 Å². The van der Waals surface area contributed by atoms with Gasteiger partial charge in [-0.2, -0.15) is 0 Å². The Balaban J connectivity index is 2.17. The van der Waals surface area contributed by atoms with Crippen LogP contribution in [0.1, 0.15) is 45.4 Å². The number of carbonyl (C=O) groups excluding carboxylic acids is 2. The average molecular weight is 283 g/mol. The van der Waals surface area contributed by atoms with Gasteiger partial charge in [0.1, 0.15) is 0 Å². The topological polar surface area (TPSA) is 61.4 Å². The molecule has 0 atom stereocenters. The minimum atomic E-state index is -0.0101. The maximum atomic E-state index is 12.0. The van der Waals surface area contributed by atoms with Crippen LogP contribution in [0.15, 0.2) is 0 Å². The highest BCUT2D eigenvalue weighted by Gasteiger charge is 2.22. The number of piperidine rings is 1. The largest absolute Gasteiger partial charge is 0.356 e. The van der Waals surface area contributed by atoms with Gasteiger partial charge < -0.3 is 15.5 Å². The second kappa shape index (κ2) is 9.75. The van der Waals surface area contributed by atoms with Crippen molar-refractivity contribution >= 4 is 11.8 Å². The van der Waals surface area contributed by atoms with Crippen LogP contribution in [-0.2, 0) is 9.59 Å². The molecular formula is C15H29N3O2. The van der Waals surface area contributed by atoms with Crippen molar-refractivity contribution in [3.05, 3.63) is 0 Å². The Morgan fingerprint density at radius 3 is 2.45 bits per heavy atom. The van der Waals surface area contributed by atoms with Gasteiger partial charge in [0.2, 0.25) is 11.8 Å². The Morgan fingerprint density at radius 2 is 1.85 bits per heavy atom. The summed E-state index contributed by atoms with van der Waals surface area (Å²) in [6, 6.07) is 0. The van der Waals surface area contributed by atoms with Crippen molar-refractivity contribution in [1.29, 1.82) is 0 Å². The number of hydrogen-bond acceptors (Lipinski definition) is 3. The molecule has 1 heterocycles. The van der Waals surface area contributed by atoms with E-state index < -0.39 is 0 Å². The third-order valence-electron chi connectivity index (χ3n) is 3.91. The Kier molecular flexibility index (Phi) is 8.26. The fourth-order valence-corrected chi connectivity index (χ4v) is 2.55. The van der Waals surface area contributed by atoms with Crippen LogP contribution >= 0.6 is 0 Å². The van der Waals surface area contributed by atoms with E-state index in [2.05, 4.69) is 10.6 Å². The van der Waals surface area contributed by atoms with Gasteiger partial charge in [-0.25, -0.2) is 0 Å². The van der Waals surface area contributed by atoms with Crippen LogP contribution < -0.4 is 10.6 Å². The molecular weight excluding hydrogens is 254 g/mol. The number of nitrogens with zero attached hydrogens (tertiary/aromatic N) is 1. The summed E-state index contributed by atoms with van der Waals surface area (Å²) in [4.78, 5) is 25.4. The molecule has 0 aromatic rings. The minimum Gasteiger partial charge on any atom is -0.356 e. The molecule has 0 aliphatic carbocycles. The molecule has 5 nitrogen and oxygen atoms in total. The molecule has 2 amide bonds. The molecule has 0 radical (unpaired) electrons. The van der Waals surface area contributed by atoms with E-state index >= 15 is 0 Å². The van der Waals surface area contributed by atoms with E-state index in [1.807, 2.05) is 18.9 Å². The highest BCUT2D eigenvalue weighted by molar-refractivity contribution is 5.83. The van der Waals surface area contributed by atoms with Gasteiger partial charge in [0.25, 0.3) is 0 Å². The summed E-state index contributed by atoms with van der Waals surface area (Å²) >= 11 is 0. The Labute approximate surface area is 122 Å². The minimum absolute atomic E-state index is 0.0101. The number of amides is 2. The smallest absolute Gasteiger partial charge is 0.223 e. The first kappa shape index (κ1) is 17.0. The molecule has 0 aromatic carbocycles. The highest BCUT2D eigenvalue weighted by atomic mass is 16.2. The lowest BCUT2D eigenvalue weighted by molar-refractivity contribution is -0.134. The molecule has 0 bridgehead atoms. The van der Waals surface area contributed by atoms with Crippen molar-refractivity contribution in [2.24, 2.45) is 5.92 Å². The summed E-state index contributed by atoms with van der Waals surface area (Å²) in [7, 11) is 1.97. The standard InChI is InChI=1S/C15H29N3O2/c1-3-9-17-14(19)4-5-15(20)18-11-7-13(8-12-18)6-10-16-2/h13,16H,3-12H2,1-2H3,(H,17,19). The highest BCUT2D eigenvalue weighted by Crippen LogP contribution is 2.20. The van der Waals surface area contributed by atoms with Crippen LogP contribution in [0.5, 0.6) is 0 Å². The zero-order chi connectivity index (χ0) is 14.8. The van der Waals surface area contributed by atoms with Crippen LogP contribution in [0.4, 0.5) is 0 Å². The summed E-state index contributed by atoms with van der Waals surface area (Å²) in [6.07, 6.45) is 4.97. The first-order valence-electron chi connectivity index (χ1n) is 7.86. The molecule has 0 aromatic heterocycles. The number of nitrogens with one attached hydrogen (secondary N) is 2. The normalized spacial score (nSPS) is 16.2. The lowest BCUT2D eigenvalue weighted by Gasteiger charge is -2.32. The molecule has 1 rings (SSSR count). The molecule has 5 heteroatoms. The lowest BCUT2D eigenvalue weighted by atomic mass is 9.93. The predicted molar refractivity (Wildman–Crippen MR) is 80.4 cm³/mol. The van der Waals surface area contributed by atoms with E-state index in [4.69, 9.17) is 0 Å². The van der Waals surface area contributed by atoms with Crippen LogP contribution in [-0.4, -0.2) is 49.9 Å². The zero-order valence-electron chi connectivity index (χ0n) is 12.9. The summed E-state index contributed by atoms with van der Waals surface area (Å²) in [5.74, 6) is 0.854. The van der Waals surface area contributed by atoms with Crippen LogP contribution in [0, 0.1) is 5.92 Å². The summed E-state index contributed by atoms with van der Waals surface area (Å²) in [5, 5.41) is 5.98. The van der Waals surface area contributed by atoms with Crippen molar-refractivity contribution in [3.63, 3.8) is 0 Å². The molecule has 2 N–H and O–H groups in total. The van der Waals surface area contributed by atoms with Gasteiger partial charge in [0.05, 0.1) is 0 Å². The molecule has 20 heavy (non-hydrogen) atoms. The monoisotopic (exact) mass is 283 g/mol. The molecule has 0 spiro atoms. The van der Waals surface area contributed by atoms with Gasteiger partial charge in [-0.15, -0.1) is 0 Å². The van der Waals surface area contributed by atoms with Gasteiger partial charge in [-0.05, 0) is 45.2 Å². The number of carbonyl (C=O) groups is 2. The first-order chi connectivity index (χ1) is 9.67. The van der Waals surface area contributed by atoms with Crippen LogP contribution in [0.3, 0.4) is 0 Å². The van der Waals surface area contributed by atoms with Gasteiger partial charge in [0, 0.05) is 32.5 Å². The van der Waals surface area contributed by atoms with Crippen molar-refractivity contribution in [2.75, 3.05) is 33.2 Å². The van der Waals surface area contributed by atoms with E-state index in [1.165, 1.54) is 6.42 Å². The molecule has 1 saturated heterocycles.